The Morgan fingerprint density at radius 1 is 1.23 bits per heavy atom. The van der Waals surface area contributed by atoms with Gasteiger partial charge >= 0.3 is 0 Å². The van der Waals surface area contributed by atoms with E-state index in [4.69, 9.17) is 35.4 Å². The average Bonchev–Trinajstić information content (AvgIpc) is 3.23. The molecule has 2 heterocycles. The Morgan fingerprint density at radius 3 is 2.62 bits per heavy atom. The van der Waals surface area contributed by atoms with E-state index in [-0.39, 0.29) is 10.8 Å². The molecule has 2 N–H and O–H groups in total. The van der Waals surface area contributed by atoms with Gasteiger partial charge in [0.2, 0.25) is 15.8 Å². The molecule has 1 fully saturated rings. The maximum atomic E-state index is 12.6. The lowest BCUT2D eigenvalue weighted by Gasteiger charge is -2.19. The van der Waals surface area contributed by atoms with Crippen molar-refractivity contribution in [2.45, 2.75) is 17.4 Å². The van der Waals surface area contributed by atoms with Crippen molar-refractivity contribution in [1.82, 2.24) is 9.62 Å². The average molecular weight is 452 g/mol. The van der Waals surface area contributed by atoms with Crippen LogP contribution in [0.25, 0.3) is 0 Å². The number of hydrogen-bond acceptors (Lipinski definition) is 5. The molecule has 0 spiro atoms. The first-order valence-electron chi connectivity index (χ1n) is 7.71. The number of benzene rings is 1. The third kappa shape index (κ3) is 4.02. The Hall–Kier alpha value is -0.840. The van der Waals surface area contributed by atoms with Gasteiger partial charge in [0.05, 0.1) is 21.4 Å². The standard InChI is InChI=1S/C15H15Cl2N3O3S3/c16-9-4-3-5-10(12(9)17)18-15(24)19-11-8-25-14(13(11)21)26(22,23)20-6-1-2-7-20/h3-5,8,14H,1-2,6-7H2,(H2,18,19,24). The minimum atomic E-state index is -3.68. The van der Waals surface area contributed by atoms with E-state index in [1.54, 1.807) is 18.2 Å². The highest BCUT2D eigenvalue weighted by Gasteiger charge is 2.43. The summed E-state index contributed by atoms with van der Waals surface area (Å²) >= 11 is 18.2. The Morgan fingerprint density at radius 2 is 1.92 bits per heavy atom. The highest BCUT2D eigenvalue weighted by molar-refractivity contribution is 8.16. The molecule has 140 valence electrons. The Bertz CT molecular complexity index is 883. The van der Waals surface area contributed by atoms with E-state index >= 15 is 0 Å². The smallest absolute Gasteiger partial charge is 0.234 e. The van der Waals surface area contributed by atoms with E-state index in [2.05, 4.69) is 10.6 Å². The molecule has 1 unspecified atom stereocenters. The molecule has 11 heteroatoms. The molecular weight excluding hydrogens is 437 g/mol. The number of nitrogens with one attached hydrogen (secondary N) is 2. The predicted molar refractivity (Wildman–Crippen MR) is 110 cm³/mol. The Balaban J connectivity index is 1.65. The summed E-state index contributed by atoms with van der Waals surface area (Å²) in [7, 11) is -3.68. The summed E-state index contributed by atoms with van der Waals surface area (Å²) in [4.78, 5) is 12.5. The van der Waals surface area contributed by atoms with Crippen molar-refractivity contribution in [1.29, 1.82) is 0 Å². The van der Waals surface area contributed by atoms with Crippen LogP contribution in [0.2, 0.25) is 10.0 Å². The van der Waals surface area contributed by atoms with E-state index in [1.807, 2.05) is 0 Å². The van der Waals surface area contributed by atoms with Crippen LogP contribution in [0.15, 0.2) is 29.3 Å². The number of anilines is 1. The zero-order valence-electron chi connectivity index (χ0n) is 13.4. The lowest BCUT2D eigenvalue weighted by molar-refractivity contribution is -0.113. The van der Waals surface area contributed by atoms with Crippen LogP contribution < -0.4 is 10.6 Å². The summed E-state index contributed by atoms with van der Waals surface area (Å²) < 4.78 is 25.4. The van der Waals surface area contributed by atoms with Crippen LogP contribution in [0, 0.1) is 0 Å². The summed E-state index contributed by atoms with van der Waals surface area (Å²) in [6, 6.07) is 5.02. The van der Waals surface area contributed by atoms with Crippen LogP contribution in [0.4, 0.5) is 5.69 Å². The van der Waals surface area contributed by atoms with Crippen LogP contribution in [-0.2, 0) is 14.8 Å². The minimum absolute atomic E-state index is 0.119. The zero-order chi connectivity index (χ0) is 18.9. The van der Waals surface area contributed by atoms with Gasteiger partial charge in [-0.2, -0.15) is 0 Å². The highest BCUT2D eigenvalue weighted by Crippen LogP contribution is 2.33. The number of Topliss-reactive ketones (excluding diaryl/α,β-unsaturated/α-hetero) is 1. The minimum Gasteiger partial charge on any atom is -0.331 e. The highest BCUT2D eigenvalue weighted by atomic mass is 35.5. The first kappa shape index (κ1) is 19.9. The SMILES string of the molecule is O=C1C(NC(=S)Nc2cccc(Cl)c2Cl)=CSC1S(=O)(=O)N1CCCC1. The van der Waals surface area contributed by atoms with Crippen molar-refractivity contribution >= 4 is 73.8 Å². The number of sulfonamides is 1. The summed E-state index contributed by atoms with van der Waals surface area (Å²) in [6.07, 6.45) is 1.63. The lowest BCUT2D eigenvalue weighted by atomic mass is 10.3. The zero-order valence-corrected chi connectivity index (χ0v) is 17.3. The number of halogens is 2. The van der Waals surface area contributed by atoms with Crippen LogP contribution in [0.1, 0.15) is 12.8 Å². The summed E-state index contributed by atoms with van der Waals surface area (Å²) in [5.41, 5.74) is 0.620. The van der Waals surface area contributed by atoms with Crippen molar-refractivity contribution < 1.29 is 13.2 Å². The fraction of sp³-hybridized carbons (Fsp3) is 0.333. The van der Waals surface area contributed by atoms with Crippen LogP contribution in [-0.4, -0.2) is 41.3 Å². The predicted octanol–water partition coefficient (Wildman–Crippen LogP) is 3.19. The Kier molecular flexibility index (Phi) is 6.15. The summed E-state index contributed by atoms with van der Waals surface area (Å²) in [6.45, 7) is 0.922. The van der Waals surface area contributed by atoms with Crippen molar-refractivity contribution in [3.8, 4) is 0 Å². The van der Waals surface area contributed by atoms with Gasteiger partial charge in [-0.05, 0) is 37.2 Å². The fourth-order valence-corrected chi connectivity index (χ4v) is 6.41. The van der Waals surface area contributed by atoms with Gasteiger partial charge in [-0.15, -0.1) is 11.8 Å². The molecule has 1 aromatic carbocycles. The summed E-state index contributed by atoms with van der Waals surface area (Å²) in [5.74, 6) is -0.511. The quantitative estimate of drug-likeness (QED) is 0.680. The van der Waals surface area contributed by atoms with Crippen molar-refractivity contribution in [3.05, 3.63) is 39.3 Å². The van der Waals surface area contributed by atoms with Gasteiger partial charge < -0.3 is 10.6 Å². The molecule has 26 heavy (non-hydrogen) atoms. The molecule has 3 rings (SSSR count). The third-order valence-electron chi connectivity index (χ3n) is 3.93. The second-order valence-corrected chi connectivity index (χ2v) is 10.2. The van der Waals surface area contributed by atoms with Crippen LogP contribution >= 0.6 is 47.2 Å². The molecule has 1 saturated heterocycles. The maximum Gasteiger partial charge on any atom is 0.234 e. The molecule has 0 amide bonds. The molecule has 1 aromatic rings. The number of ketones is 1. The van der Waals surface area contributed by atoms with Crippen molar-refractivity contribution in [3.63, 3.8) is 0 Å². The first-order chi connectivity index (χ1) is 12.3. The number of nitrogens with zero attached hydrogens (tertiary/aromatic N) is 1. The van der Waals surface area contributed by atoms with E-state index in [0.29, 0.717) is 28.8 Å². The van der Waals surface area contributed by atoms with Gasteiger partial charge in [0.15, 0.2) is 9.69 Å². The number of thioether (sulfide) groups is 1. The lowest BCUT2D eigenvalue weighted by Crippen LogP contribution is -2.40. The molecule has 0 bridgehead atoms. The van der Waals surface area contributed by atoms with Crippen molar-refractivity contribution in [2.75, 3.05) is 18.4 Å². The van der Waals surface area contributed by atoms with E-state index < -0.39 is 20.4 Å². The van der Waals surface area contributed by atoms with Gasteiger partial charge in [0.1, 0.15) is 0 Å². The monoisotopic (exact) mass is 451 g/mol. The van der Waals surface area contributed by atoms with Crippen LogP contribution in [0.5, 0.6) is 0 Å². The molecule has 0 aromatic heterocycles. The van der Waals surface area contributed by atoms with Crippen LogP contribution in [0.3, 0.4) is 0 Å². The molecule has 2 aliphatic heterocycles. The third-order valence-corrected chi connectivity index (χ3v) is 8.69. The van der Waals surface area contributed by atoms with Gasteiger partial charge in [-0.3, -0.25) is 4.79 Å². The molecule has 6 nitrogen and oxygen atoms in total. The fourth-order valence-electron chi connectivity index (χ4n) is 2.63. The van der Waals surface area contributed by atoms with E-state index in [0.717, 1.165) is 24.6 Å². The largest absolute Gasteiger partial charge is 0.331 e. The molecule has 2 aliphatic rings. The van der Waals surface area contributed by atoms with E-state index in [9.17, 15) is 13.2 Å². The first-order valence-corrected chi connectivity index (χ1v) is 11.3. The molecular formula is C15H15Cl2N3O3S3. The van der Waals surface area contributed by atoms with Crippen molar-refractivity contribution in [2.24, 2.45) is 0 Å². The molecule has 0 saturated carbocycles. The number of allylic oxidation sites excluding steroid dienone is 1. The van der Waals surface area contributed by atoms with Gasteiger partial charge in [-0.25, -0.2) is 12.7 Å². The maximum absolute atomic E-state index is 12.6. The number of hydrogen-bond donors (Lipinski definition) is 2. The number of thiocarbonyl (C=S) groups is 1. The molecule has 0 aliphatic carbocycles. The van der Waals surface area contributed by atoms with Gasteiger partial charge in [-0.1, -0.05) is 29.3 Å². The number of carbonyl (C=O) groups is 1. The second-order valence-electron chi connectivity index (χ2n) is 5.70. The number of carbonyl (C=O) groups excluding carboxylic acids is 1. The van der Waals surface area contributed by atoms with Gasteiger partial charge in [0.25, 0.3) is 0 Å². The Labute approximate surface area is 171 Å². The molecule has 0 radical (unpaired) electrons. The normalized spacial score (nSPS) is 20.9. The number of rotatable bonds is 4. The topological polar surface area (TPSA) is 78.5 Å². The second kappa shape index (κ2) is 8.04. The van der Waals surface area contributed by atoms with Gasteiger partial charge in [0, 0.05) is 18.5 Å². The summed E-state index contributed by atoms with van der Waals surface area (Å²) in [5, 5.41) is 7.85. The molecule has 1 atom stereocenters. The van der Waals surface area contributed by atoms with E-state index in [1.165, 1.54) is 9.71 Å².